The van der Waals surface area contributed by atoms with Crippen molar-refractivity contribution in [2.75, 3.05) is 19.8 Å². The first-order valence-electron chi connectivity index (χ1n) is 6.13. The molecule has 6 heteroatoms. The Hall–Kier alpha value is -1.92. The highest BCUT2D eigenvalue weighted by molar-refractivity contribution is 5.94. The molecular formula is C13H17N3O3. The van der Waals surface area contributed by atoms with E-state index in [0.29, 0.717) is 12.1 Å². The number of fused-ring (bicyclic) bond motifs is 1. The summed E-state index contributed by atoms with van der Waals surface area (Å²) in [5.41, 5.74) is 7.96. The van der Waals surface area contributed by atoms with Gasteiger partial charge in [0.25, 0.3) is 5.91 Å². The van der Waals surface area contributed by atoms with Crippen LogP contribution in [-0.4, -0.2) is 31.6 Å². The van der Waals surface area contributed by atoms with Gasteiger partial charge in [0.1, 0.15) is 6.61 Å². The van der Waals surface area contributed by atoms with Crippen molar-refractivity contribution in [1.82, 2.24) is 10.6 Å². The Bertz CT molecular complexity index is 488. The van der Waals surface area contributed by atoms with E-state index >= 15 is 0 Å². The zero-order chi connectivity index (χ0) is 13.7. The summed E-state index contributed by atoms with van der Waals surface area (Å²) >= 11 is 0. The molecule has 4 N–H and O–H groups in total. The molecule has 0 bridgehead atoms. The Labute approximate surface area is 111 Å². The summed E-state index contributed by atoms with van der Waals surface area (Å²) in [5, 5.41) is 5.96. The van der Waals surface area contributed by atoms with Gasteiger partial charge in [0.15, 0.2) is 0 Å². The summed E-state index contributed by atoms with van der Waals surface area (Å²) in [6.07, 6.45) is 0. The van der Waals surface area contributed by atoms with Crippen molar-refractivity contribution < 1.29 is 14.3 Å². The minimum Gasteiger partial charge on any atom is -0.370 e. The average Bonchev–Trinajstić information content (AvgIpc) is 2.84. The zero-order valence-corrected chi connectivity index (χ0v) is 10.6. The molecule has 0 spiro atoms. The molecule has 0 atom stereocenters. The highest BCUT2D eigenvalue weighted by Crippen LogP contribution is 2.16. The fraction of sp³-hybridized carbons (Fsp3) is 0.385. The Kier molecular flexibility index (Phi) is 4.48. The van der Waals surface area contributed by atoms with Crippen LogP contribution in [0.5, 0.6) is 0 Å². The smallest absolute Gasteiger partial charge is 0.251 e. The van der Waals surface area contributed by atoms with Gasteiger partial charge in [-0.3, -0.25) is 9.59 Å². The van der Waals surface area contributed by atoms with Gasteiger partial charge in [-0.05, 0) is 23.3 Å². The number of primary amides is 1. The van der Waals surface area contributed by atoms with Gasteiger partial charge in [-0.25, -0.2) is 0 Å². The third-order valence-corrected chi connectivity index (χ3v) is 2.88. The highest BCUT2D eigenvalue weighted by atomic mass is 16.5. The number of carbonyl (C=O) groups is 2. The number of amides is 2. The number of hydrogen-bond donors (Lipinski definition) is 3. The molecule has 0 saturated heterocycles. The van der Waals surface area contributed by atoms with Crippen LogP contribution in [0.3, 0.4) is 0 Å². The van der Waals surface area contributed by atoms with E-state index in [9.17, 15) is 9.59 Å². The third-order valence-electron chi connectivity index (χ3n) is 2.88. The monoisotopic (exact) mass is 263 g/mol. The van der Waals surface area contributed by atoms with Crippen LogP contribution in [0.25, 0.3) is 0 Å². The highest BCUT2D eigenvalue weighted by Gasteiger charge is 2.13. The summed E-state index contributed by atoms with van der Waals surface area (Å²) in [7, 11) is 0. The quantitative estimate of drug-likeness (QED) is 0.604. The van der Waals surface area contributed by atoms with E-state index in [1.54, 1.807) is 0 Å². The number of hydrogen-bond acceptors (Lipinski definition) is 4. The van der Waals surface area contributed by atoms with Gasteiger partial charge in [0.2, 0.25) is 5.91 Å². The first-order chi connectivity index (χ1) is 9.16. The van der Waals surface area contributed by atoms with Crippen LogP contribution >= 0.6 is 0 Å². The summed E-state index contributed by atoms with van der Waals surface area (Å²) < 4.78 is 4.96. The number of nitrogens with two attached hydrogens (primary N) is 1. The van der Waals surface area contributed by atoms with E-state index in [0.717, 1.165) is 18.7 Å². The topological polar surface area (TPSA) is 93.5 Å². The minimum absolute atomic E-state index is 0.125. The van der Waals surface area contributed by atoms with E-state index in [-0.39, 0.29) is 19.1 Å². The molecule has 102 valence electrons. The maximum atomic E-state index is 11.9. The number of rotatable bonds is 6. The maximum Gasteiger partial charge on any atom is 0.251 e. The normalized spacial score (nSPS) is 13.1. The van der Waals surface area contributed by atoms with Crippen LogP contribution in [0.15, 0.2) is 18.2 Å². The van der Waals surface area contributed by atoms with E-state index in [4.69, 9.17) is 10.5 Å². The number of nitrogens with one attached hydrogen (secondary N) is 2. The maximum absolute atomic E-state index is 11.9. The van der Waals surface area contributed by atoms with Gasteiger partial charge in [-0.2, -0.15) is 0 Å². The summed E-state index contributed by atoms with van der Waals surface area (Å²) in [4.78, 5) is 22.3. The second kappa shape index (κ2) is 6.31. The average molecular weight is 263 g/mol. The minimum atomic E-state index is -0.516. The van der Waals surface area contributed by atoms with Crippen molar-refractivity contribution in [3.8, 4) is 0 Å². The lowest BCUT2D eigenvalue weighted by Crippen LogP contribution is -2.28. The van der Waals surface area contributed by atoms with Gasteiger partial charge >= 0.3 is 0 Å². The predicted octanol–water partition coefficient (Wildman–Crippen LogP) is -0.478. The molecule has 1 aliphatic heterocycles. The first kappa shape index (κ1) is 13.5. The predicted molar refractivity (Wildman–Crippen MR) is 69.3 cm³/mol. The van der Waals surface area contributed by atoms with Crippen LogP contribution in [0.1, 0.15) is 21.5 Å². The van der Waals surface area contributed by atoms with E-state index in [1.807, 2.05) is 18.2 Å². The van der Waals surface area contributed by atoms with Gasteiger partial charge < -0.3 is 21.1 Å². The Morgan fingerprint density at radius 2 is 2.11 bits per heavy atom. The molecule has 1 heterocycles. The molecule has 1 aliphatic rings. The zero-order valence-electron chi connectivity index (χ0n) is 10.6. The summed E-state index contributed by atoms with van der Waals surface area (Å²) in [6, 6.07) is 5.67. The van der Waals surface area contributed by atoms with Crippen molar-refractivity contribution >= 4 is 11.8 Å². The van der Waals surface area contributed by atoms with Crippen molar-refractivity contribution in [3.05, 3.63) is 34.9 Å². The van der Waals surface area contributed by atoms with Gasteiger partial charge in [-0.15, -0.1) is 0 Å². The van der Waals surface area contributed by atoms with Crippen molar-refractivity contribution in [2.24, 2.45) is 5.73 Å². The molecule has 19 heavy (non-hydrogen) atoms. The van der Waals surface area contributed by atoms with Crippen LogP contribution in [0.2, 0.25) is 0 Å². The van der Waals surface area contributed by atoms with Crippen LogP contribution in [0.4, 0.5) is 0 Å². The van der Waals surface area contributed by atoms with Gasteiger partial charge in [0, 0.05) is 25.2 Å². The Morgan fingerprint density at radius 3 is 2.89 bits per heavy atom. The SMILES string of the molecule is NC(=O)COCCNC(=O)c1ccc2c(c1)CNC2. The van der Waals surface area contributed by atoms with Crippen LogP contribution in [-0.2, 0) is 22.6 Å². The van der Waals surface area contributed by atoms with Crippen LogP contribution < -0.4 is 16.4 Å². The van der Waals surface area contributed by atoms with Gasteiger partial charge in [0.05, 0.1) is 6.61 Å². The first-order valence-corrected chi connectivity index (χ1v) is 6.13. The van der Waals surface area contributed by atoms with Crippen molar-refractivity contribution in [3.63, 3.8) is 0 Å². The van der Waals surface area contributed by atoms with E-state index in [2.05, 4.69) is 10.6 Å². The number of ether oxygens (including phenoxy) is 1. The van der Waals surface area contributed by atoms with E-state index < -0.39 is 5.91 Å². The largest absolute Gasteiger partial charge is 0.370 e. The Morgan fingerprint density at radius 1 is 1.32 bits per heavy atom. The molecule has 1 aromatic carbocycles. The molecule has 0 radical (unpaired) electrons. The van der Waals surface area contributed by atoms with Crippen LogP contribution in [0, 0.1) is 0 Å². The van der Waals surface area contributed by atoms with Gasteiger partial charge in [-0.1, -0.05) is 6.07 Å². The fourth-order valence-electron chi connectivity index (χ4n) is 1.95. The fourth-order valence-corrected chi connectivity index (χ4v) is 1.95. The lowest BCUT2D eigenvalue weighted by atomic mass is 10.1. The second-order valence-corrected chi connectivity index (χ2v) is 4.36. The molecular weight excluding hydrogens is 246 g/mol. The molecule has 6 nitrogen and oxygen atoms in total. The molecule has 0 fully saturated rings. The lowest BCUT2D eigenvalue weighted by Gasteiger charge is -2.07. The molecule has 2 rings (SSSR count). The second-order valence-electron chi connectivity index (χ2n) is 4.36. The lowest BCUT2D eigenvalue weighted by molar-refractivity contribution is -0.122. The molecule has 2 amide bonds. The number of benzene rings is 1. The third kappa shape index (κ3) is 3.77. The number of carbonyl (C=O) groups excluding carboxylic acids is 2. The van der Waals surface area contributed by atoms with E-state index in [1.165, 1.54) is 5.56 Å². The Balaban J connectivity index is 1.78. The standard InChI is InChI=1S/C13H17N3O3/c14-12(17)8-19-4-3-16-13(18)9-1-2-10-6-15-7-11(10)5-9/h1-2,5,15H,3-4,6-8H2,(H2,14,17)(H,16,18). The summed E-state index contributed by atoms with van der Waals surface area (Å²) in [6.45, 7) is 2.15. The summed E-state index contributed by atoms with van der Waals surface area (Å²) in [5.74, 6) is -0.658. The molecule has 0 aromatic heterocycles. The van der Waals surface area contributed by atoms with Crippen molar-refractivity contribution in [1.29, 1.82) is 0 Å². The molecule has 0 saturated carbocycles. The molecule has 1 aromatic rings. The molecule has 0 aliphatic carbocycles. The van der Waals surface area contributed by atoms with Crippen molar-refractivity contribution in [2.45, 2.75) is 13.1 Å². The molecule has 0 unspecified atom stereocenters.